The van der Waals surface area contributed by atoms with E-state index in [1.54, 1.807) is 31.4 Å². The standard InChI is InChI=1S/C19H20N2O3/c1-3-24-17-10-6-14(12-18(17)23-2)7-11-19(22)21-16-8-4-15(13-20)5-9-16/h4-6,8-10,12H,3,7,11H2,1-2H3,(H,21,22). The van der Waals surface area contributed by atoms with E-state index in [2.05, 4.69) is 5.32 Å². The maximum absolute atomic E-state index is 12.0. The molecule has 24 heavy (non-hydrogen) atoms. The Kier molecular flexibility index (Phi) is 6.21. The number of hydrogen-bond donors (Lipinski definition) is 1. The third-order valence-corrected chi connectivity index (χ3v) is 3.47. The smallest absolute Gasteiger partial charge is 0.224 e. The summed E-state index contributed by atoms with van der Waals surface area (Å²) in [6.45, 7) is 2.49. The van der Waals surface area contributed by atoms with Crippen LogP contribution in [0.1, 0.15) is 24.5 Å². The van der Waals surface area contributed by atoms with Crippen LogP contribution in [-0.4, -0.2) is 19.6 Å². The second-order valence-corrected chi connectivity index (χ2v) is 5.16. The number of amides is 1. The molecule has 2 rings (SSSR count). The highest BCUT2D eigenvalue weighted by Gasteiger charge is 2.08. The summed E-state index contributed by atoms with van der Waals surface area (Å²) in [5.41, 5.74) is 2.25. The lowest BCUT2D eigenvalue weighted by molar-refractivity contribution is -0.116. The van der Waals surface area contributed by atoms with Gasteiger partial charge in [0.15, 0.2) is 11.5 Å². The molecule has 0 aromatic heterocycles. The minimum absolute atomic E-state index is 0.0763. The highest BCUT2D eigenvalue weighted by Crippen LogP contribution is 2.28. The molecule has 124 valence electrons. The van der Waals surface area contributed by atoms with Crippen molar-refractivity contribution in [2.75, 3.05) is 19.0 Å². The van der Waals surface area contributed by atoms with Crippen molar-refractivity contribution in [1.82, 2.24) is 0 Å². The zero-order valence-electron chi connectivity index (χ0n) is 13.8. The monoisotopic (exact) mass is 324 g/mol. The summed E-state index contributed by atoms with van der Waals surface area (Å²) in [6.07, 6.45) is 0.960. The summed E-state index contributed by atoms with van der Waals surface area (Å²) in [5, 5.41) is 11.6. The largest absolute Gasteiger partial charge is 0.493 e. The molecule has 0 radical (unpaired) electrons. The van der Waals surface area contributed by atoms with E-state index in [1.165, 1.54) is 0 Å². The number of ether oxygens (including phenoxy) is 2. The number of nitriles is 1. The Labute approximate surface area is 141 Å². The van der Waals surface area contributed by atoms with E-state index in [0.29, 0.717) is 42.2 Å². The van der Waals surface area contributed by atoms with Crippen molar-refractivity contribution in [3.8, 4) is 17.6 Å². The van der Waals surface area contributed by atoms with Crippen LogP contribution in [0.25, 0.3) is 0 Å². The maximum atomic E-state index is 12.0. The predicted octanol–water partition coefficient (Wildman–Crippen LogP) is 3.54. The van der Waals surface area contributed by atoms with Gasteiger partial charge in [-0.2, -0.15) is 5.26 Å². The van der Waals surface area contributed by atoms with Gasteiger partial charge in [-0.05, 0) is 55.3 Å². The van der Waals surface area contributed by atoms with Gasteiger partial charge in [0.25, 0.3) is 0 Å². The Hall–Kier alpha value is -3.00. The van der Waals surface area contributed by atoms with Gasteiger partial charge in [-0.3, -0.25) is 4.79 Å². The third kappa shape index (κ3) is 4.75. The fraction of sp³-hybridized carbons (Fsp3) is 0.263. The maximum Gasteiger partial charge on any atom is 0.224 e. The van der Waals surface area contributed by atoms with E-state index in [4.69, 9.17) is 14.7 Å². The van der Waals surface area contributed by atoms with Crippen LogP contribution in [0.15, 0.2) is 42.5 Å². The highest BCUT2D eigenvalue weighted by molar-refractivity contribution is 5.90. The zero-order chi connectivity index (χ0) is 17.4. The van der Waals surface area contributed by atoms with Crippen LogP contribution in [0.4, 0.5) is 5.69 Å². The van der Waals surface area contributed by atoms with Crippen LogP contribution >= 0.6 is 0 Å². The number of methoxy groups -OCH3 is 1. The number of rotatable bonds is 7. The minimum atomic E-state index is -0.0763. The fourth-order valence-electron chi connectivity index (χ4n) is 2.25. The Morgan fingerprint density at radius 2 is 1.92 bits per heavy atom. The van der Waals surface area contributed by atoms with E-state index in [0.717, 1.165) is 5.56 Å². The van der Waals surface area contributed by atoms with Crippen LogP contribution < -0.4 is 14.8 Å². The summed E-state index contributed by atoms with van der Waals surface area (Å²) in [7, 11) is 1.60. The SMILES string of the molecule is CCOc1ccc(CCC(=O)Nc2ccc(C#N)cc2)cc1OC. The molecular weight excluding hydrogens is 304 g/mol. The second kappa shape index (κ2) is 8.59. The molecule has 0 atom stereocenters. The first-order chi connectivity index (χ1) is 11.7. The molecule has 2 aromatic rings. The molecule has 2 aromatic carbocycles. The summed E-state index contributed by atoms with van der Waals surface area (Å²) in [4.78, 5) is 12.0. The summed E-state index contributed by atoms with van der Waals surface area (Å²) in [5.74, 6) is 1.29. The van der Waals surface area contributed by atoms with Gasteiger partial charge in [-0.25, -0.2) is 0 Å². The lowest BCUT2D eigenvalue weighted by atomic mass is 10.1. The van der Waals surface area contributed by atoms with Crippen LogP contribution in [0.5, 0.6) is 11.5 Å². The number of hydrogen-bond acceptors (Lipinski definition) is 4. The molecule has 5 heteroatoms. The molecular formula is C19H20N2O3. The number of carbonyl (C=O) groups is 1. The van der Waals surface area contributed by atoms with E-state index in [1.807, 2.05) is 31.2 Å². The third-order valence-electron chi connectivity index (χ3n) is 3.47. The molecule has 0 unspecified atom stereocenters. The summed E-state index contributed by atoms with van der Waals surface area (Å²) in [6, 6.07) is 14.5. The van der Waals surface area contributed by atoms with E-state index >= 15 is 0 Å². The first-order valence-corrected chi connectivity index (χ1v) is 7.76. The van der Waals surface area contributed by atoms with Gasteiger partial charge in [0.2, 0.25) is 5.91 Å². The summed E-state index contributed by atoms with van der Waals surface area (Å²) < 4.78 is 10.8. The number of nitrogens with one attached hydrogen (secondary N) is 1. The van der Waals surface area contributed by atoms with Gasteiger partial charge in [0, 0.05) is 12.1 Å². The second-order valence-electron chi connectivity index (χ2n) is 5.16. The molecule has 0 saturated carbocycles. The normalized spacial score (nSPS) is 9.88. The van der Waals surface area contributed by atoms with Gasteiger partial charge in [-0.1, -0.05) is 6.07 Å². The average Bonchev–Trinajstić information content (AvgIpc) is 2.61. The van der Waals surface area contributed by atoms with Crippen LogP contribution in [0.2, 0.25) is 0 Å². The number of anilines is 1. The van der Waals surface area contributed by atoms with Gasteiger partial charge in [0.05, 0.1) is 25.3 Å². The molecule has 0 heterocycles. The van der Waals surface area contributed by atoms with E-state index in [9.17, 15) is 4.79 Å². The molecule has 0 aliphatic carbocycles. The number of nitrogens with zero attached hydrogens (tertiary/aromatic N) is 1. The van der Waals surface area contributed by atoms with Crippen molar-refractivity contribution in [2.24, 2.45) is 0 Å². The van der Waals surface area contributed by atoms with Crippen LogP contribution in [-0.2, 0) is 11.2 Å². The molecule has 0 spiro atoms. The molecule has 0 bridgehead atoms. The fourth-order valence-corrected chi connectivity index (χ4v) is 2.25. The molecule has 1 N–H and O–H groups in total. The minimum Gasteiger partial charge on any atom is -0.493 e. The molecule has 1 amide bonds. The Morgan fingerprint density at radius 3 is 2.54 bits per heavy atom. The van der Waals surface area contributed by atoms with Gasteiger partial charge in [0.1, 0.15) is 0 Å². The van der Waals surface area contributed by atoms with E-state index < -0.39 is 0 Å². The van der Waals surface area contributed by atoms with Crippen molar-refractivity contribution < 1.29 is 14.3 Å². The van der Waals surface area contributed by atoms with Crippen molar-refractivity contribution in [3.63, 3.8) is 0 Å². The molecule has 5 nitrogen and oxygen atoms in total. The van der Waals surface area contributed by atoms with Crippen LogP contribution in [0.3, 0.4) is 0 Å². The quantitative estimate of drug-likeness (QED) is 0.845. The Morgan fingerprint density at radius 1 is 1.17 bits per heavy atom. The van der Waals surface area contributed by atoms with Gasteiger partial charge < -0.3 is 14.8 Å². The topological polar surface area (TPSA) is 71.3 Å². The lowest BCUT2D eigenvalue weighted by Crippen LogP contribution is -2.12. The Balaban J connectivity index is 1.92. The van der Waals surface area contributed by atoms with Crippen LogP contribution in [0, 0.1) is 11.3 Å². The average molecular weight is 324 g/mol. The zero-order valence-corrected chi connectivity index (χ0v) is 13.8. The molecule has 0 fully saturated rings. The summed E-state index contributed by atoms with van der Waals surface area (Å²) >= 11 is 0. The molecule has 0 aliphatic rings. The van der Waals surface area contributed by atoms with Gasteiger partial charge >= 0.3 is 0 Å². The lowest BCUT2D eigenvalue weighted by Gasteiger charge is -2.11. The van der Waals surface area contributed by atoms with E-state index in [-0.39, 0.29) is 5.91 Å². The first-order valence-electron chi connectivity index (χ1n) is 7.76. The predicted molar refractivity (Wildman–Crippen MR) is 92.3 cm³/mol. The van der Waals surface area contributed by atoms with Gasteiger partial charge in [-0.15, -0.1) is 0 Å². The highest BCUT2D eigenvalue weighted by atomic mass is 16.5. The van der Waals surface area contributed by atoms with Crippen molar-refractivity contribution in [2.45, 2.75) is 19.8 Å². The van der Waals surface area contributed by atoms with Crippen molar-refractivity contribution in [3.05, 3.63) is 53.6 Å². The number of carbonyl (C=O) groups excluding carboxylic acids is 1. The number of benzene rings is 2. The first kappa shape index (κ1) is 17.4. The molecule has 0 aliphatic heterocycles. The Bertz CT molecular complexity index is 733. The van der Waals surface area contributed by atoms with Crippen molar-refractivity contribution in [1.29, 1.82) is 5.26 Å². The molecule has 0 saturated heterocycles. The number of aryl methyl sites for hydroxylation is 1. The van der Waals surface area contributed by atoms with Crippen molar-refractivity contribution >= 4 is 11.6 Å².